The first-order chi connectivity index (χ1) is 7.81. The maximum atomic E-state index is 11.2. The maximum Gasteiger partial charge on any atom is 0.238 e. The molecule has 5 heteroatoms. The van der Waals surface area contributed by atoms with Crippen molar-refractivity contribution < 1.29 is 4.79 Å². The van der Waals surface area contributed by atoms with E-state index >= 15 is 0 Å². The van der Waals surface area contributed by atoms with E-state index in [9.17, 15) is 4.79 Å². The third kappa shape index (κ3) is 5.76. The van der Waals surface area contributed by atoms with Gasteiger partial charge in [-0.15, -0.1) is 24.2 Å². The second kappa shape index (κ2) is 7.02. The monoisotopic (exact) mass is 288 g/mol. The molecule has 0 spiro atoms. The zero-order chi connectivity index (χ0) is 13.1. The molecule has 0 radical (unpaired) electrons. The van der Waals surface area contributed by atoms with E-state index < -0.39 is 0 Å². The topological polar surface area (TPSA) is 55.1 Å². The van der Waals surface area contributed by atoms with Crippen LogP contribution < -0.4 is 11.1 Å². The van der Waals surface area contributed by atoms with Gasteiger partial charge in [0.05, 0.1) is 6.54 Å². The fraction of sp³-hybridized carbons (Fsp3) is 0.462. The molecule has 18 heavy (non-hydrogen) atoms. The Morgan fingerprint density at radius 1 is 1.39 bits per heavy atom. The molecule has 0 aliphatic rings. The van der Waals surface area contributed by atoms with Gasteiger partial charge in [-0.3, -0.25) is 4.79 Å². The van der Waals surface area contributed by atoms with E-state index in [0.717, 1.165) is 11.3 Å². The zero-order valence-corrected chi connectivity index (χ0v) is 12.9. The number of aryl methyl sites for hydroxylation is 1. The summed E-state index contributed by atoms with van der Waals surface area (Å²) in [5, 5.41) is 2.78. The van der Waals surface area contributed by atoms with E-state index in [1.54, 1.807) is 0 Å². The number of carbonyl (C=O) groups excluding carboxylic acids is 1. The molecule has 0 bridgehead atoms. The molecular formula is C13H21ClN2OS. The minimum absolute atomic E-state index is 0. The third-order valence-corrected chi connectivity index (χ3v) is 3.18. The Hall–Kier alpha value is -0.710. The van der Waals surface area contributed by atoms with Crippen molar-refractivity contribution >= 4 is 35.8 Å². The molecule has 1 rings (SSSR count). The number of hydrogen-bond acceptors (Lipinski definition) is 3. The van der Waals surface area contributed by atoms with Gasteiger partial charge in [-0.05, 0) is 30.7 Å². The lowest BCUT2D eigenvalue weighted by Crippen LogP contribution is -2.22. The van der Waals surface area contributed by atoms with E-state index in [2.05, 4.69) is 32.2 Å². The minimum atomic E-state index is -0.163. The third-order valence-electron chi connectivity index (χ3n) is 2.08. The summed E-state index contributed by atoms with van der Waals surface area (Å²) in [7, 11) is 0. The van der Waals surface area contributed by atoms with E-state index in [1.807, 2.05) is 30.8 Å². The number of halogens is 1. The number of carbonyl (C=O) groups is 1. The molecule has 3 nitrogen and oxygen atoms in total. The van der Waals surface area contributed by atoms with Crippen LogP contribution in [0.5, 0.6) is 0 Å². The van der Waals surface area contributed by atoms with Crippen molar-refractivity contribution in [3.63, 3.8) is 0 Å². The Kier molecular flexibility index (Phi) is 6.74. The summed E-state index contributed by atoms with van der Waals surface area (Å²) in [5.74, 6) is -0.163. The molecule has 102 valence electrons. The summed E-state index contributed by atoms with van der Waals surface area (Å²) >= 11 is 1.81. The van der Waals surface area contributed by atoms with Crippen molar-refractivity contribution in [2.45, 2.75) is 37.3 Å². The average molecular weight is 289 g/mol. The van der Waals surface area contributed by atoms with Crippen LogP contribution >= 0.6 is 24.2 Å². The second-order valence-corrected chi connectivity index (χ2v) is 6.84. The fourth-order valence-corrected chi connectivity index (χ4v) is 2.47. The first kappa shape index (κ1) is 17.3. The van der Waals surface area contributed by atoms with Crippen LogP contribution in [0.2, 0.25) is 0 Å². The largest absolute Gasteiger partial charge is 0.325 e. The molecule has 0 aromatic heterocycles. The van der Waals surface area contributed by atoms with Gasteiger partial charge >= 0.3 is 0 Å². The van der Waals surface area contributed by atoms with Gasteiger partial charge in [-0.2, -0.15) is 0 Å². The van der Waals surface area contributed by atoms with Gasteiger partial charge in [0.1, 0.15) is 0 Å². The number of nitrogens with one attached hydrogen (secondary N) is 1. The first-order valence-electron chi connectivity index (χ1n) is 5.61. The number of benzene rings is 1. The van der Waals surface area contributed by atoms with E-state index in [0.29, 0.717) is 0 Å². The van der Waals surface area contributed by atoms with Gasteiger partial charge < -0.3 is 11.1 Å². The summed E-state index contributed by atoms with van der Waals surface area (Å²) in [6, 6.07) is 6.04. The van der Waals surface area contributed by atoms with Crippen molar-refractivity contribution in [1.82, 2.24) is 0 Å². The van der Waals surface area contributed by atoms with Crippen molar-refractivity contribution in [2.24, 2.45) is 5.73 Å². The van der Waals surface area contributed by atoms with Gasteiger partial charge in [0.2, 0.25) is 5.91 Å². The van der Waals surface area contributed by atoms with Gasteiger partial charge in [0.25, 0.3) is 0 Å². The summed E-state index contributed by atoms with van der Waals surface area (Å²) in [5.41, 5.74) is 7.16. The Labute approximate surface area is 119 Å². The van der Waals surface area contributed by atoms with Gasteiger partial charge in [0.15, 0.2) is 0 Å². The number of rotatable bonds is 3. The van der Waals surface area contributed by atoms with Crippen LogP contribution in [0, 0.1) is 6.92 Å². The summed E-state index contributed by atoms with van der Waals surface area (Å²) in [6.07, 6.45) is 0. The Balaban J connectivity index is 0.00000289. The van der Waals surface area contributed by atoms with Crippen LogP contribution in [-0.4, -0.2) is 17.2 Å². The number of amides is 1. The summed E-state index contributed by atoms with van der Waals surface area (Å²) < 4.78 is 0.189. The summed E-state index contributed by atoms with van der Waals surface area (Å²) in [4.78, 5) is 12.4. The lowest BCUT2D eigenvalue weighted by molar-refractivity contribution is -0.114. The quantitative estimate of drug-likeness (QED) is 0.840. The molecule has 0 aliphatic heterocycles. The molecule has 0 fully saturated rings. The predicted molar refractivity (Wildman–Crippen MR) is 81.7 cm³/mol. The lowest BCUT2D eigenvalue weighted by Gasteiger charge is -2.18. The van der Waals surface area contributed by atoms with Crippen molar-refractivity contribution in [1.29, 1.82) is 0 Å². The van der Waals surface area contributed by atoms with Gasteiger partial charge in [-0.25, -0.2) is 0 Å². The molecule has 0 saturated carbocycles. The van der Waals surface area contributed by atoms with Crippen LogP contribution in [0.4, 0.5) is 5.69 Å². The minimum Gasteiger partial charge on any atom is -0.325 e. The van der Waals surface area contributed by atoms with Crippen LogP contribution in [0.15, 0.2) is 23.1 Å². The van der Waals surface area contributed by atoms with E-state index in [1.165, 1.54) is 4.90 Å². The van der Waals surface area contributed by atoms with Crippen LogP contribution in [0.3, 0.4) is 0 Å². The molecular weight excluding hydrogens is 268 g/mol. The highest BCUT2D eigenvalue weighted by Crippen LogP contribution is 2.33. The highest BCUT2D eigenvalue weighted by molar-refractivity contribution is 8.00. The second-order valence-electron chi connectivity index (χ2n) is 4.94. The Morgan fingerprint density at radius 3 is 2.44 bits per heavy atom. The molecule has 0 saturated heterocycles. The lowest BCUT2D eigenvalue weighted by atomic mass is 10.2. The molecule has 0 unspecified atom stereocenters. The van der Waals surface area contributed by atoms with Crippen LogP contribution in [-0.2, 0) is 4.79 Å². The number of nitrogens with two attached hydrogens (primary N) is 1. The molecule has 1 aromatic rings. The first-order valence-corrected chi connectivity index (χ1v) is 6.43. The fourth-order valence-electron chi connectivity index (χ4n) is 1.39. The van der Waals surface area contributed by atoms with Crippen molar-refractivity contribution in [2.75, 3.05) is 11.9 Å². The molecule has 3 N–H and O–H groups in total. The van der Waals surface area contributed by atoms with Crippen LogP contribution in [0.25, 0.3) is 0 Å². The van der Waals surface area contributed by atoms with E-state index in [4.69, 9.17) is 5.73 Å². The Morgan fingerprint density at radius 2 is 2.00 bits per heavy atom. The van der Waals surface area contributed by atoms with Crippen molar-refractivity contribution in [3.8, 4) is 0 Å². The zero-order valence-electron chi connectivity index (χ0n) is 11.2. The molecule has 1 aromatic carbocycles. The molecule has 0 aliphatic carbocycles. The highest BCUT2D eigenvalue weighted by atomic mass is 35.5. The predicted octanol–water partition coefficient (Wildman–Crippen LogP) is 3.20. The SMILES string of the molecule is Cc1cc(SC(C)(C)C)ccc1NC(=O)CN.Cl. The molecule has 0 atom stereocenters. The number of anilines is 1. The number of hydrogen-bond donors (Lipinski definition) is 2. The standard InChI is InChI=1S/C13H20N2OS.ClH/c1-9-7-10(17-13(2,3)4)5-6-11(9)15-12(16)8-14;/h5-7H,8,14H2,1-4H3,(H,15,16);1H. The average Bonchev–Trinajstić information content (AvgIpc) is 2.19. The maximum absolute atomic E-state index is 11.2. The Bertz CT molecular complexity index is 416. The van der Waals surface area contributed by atoms with E-state index in [-0.39, 0.29) is 29.6 Å². The van der Waals surface area contributed by atoms with Gasteiger partial charge in [0, 0.05) is 15.3 Å². The highest BCUT2D eigenvalue weighted by Gasteiger charge is 2.12. The van der Waals surface area contributed by atoms with Crippen LogP contribution in [0.1, 0.15) is 26.3 Å². The van der Waals surface area contributed by atoms with Gasteiger partial charge in [-0.1, -0.05) is 20.8 Å². The molecule has 0 heterocycles. The molecule has 1 amide bonds. The summed E-state index contributed by atoms with van der Waals surface area (Å²) in [6.45, 7) is 8.53. The normalized spacial score (nSPS) is 10.7. The number of thioether (sulfide) groups is 1. The van der Waals surface area contributed by atoms with Crippen molar-refractivity contribution in [3.05, 3.63) is 23.8 Å². The smallest absolute Gasteiger partial charge is 0.238 e.